The fraction of sp³-hybridized carbons (Fsp3) is 0.158. The van der Waals surface area contributed by atoms with Gasteiger partial charge in [-0.05, 0) is 38.1 Å². The number of ether oxygens (including phenoxy) is 1. The first-order valence-corrected chi connectivity index (χ1v) is 8.23. The highest BCUT2D eigenvalue weighted by molar-refractivity contribution is 5.91. The summed E-state index contributed by atoms with van der Waals surface area (Å²) < 4.78 is 6.99. The van der Waals surface area contributed by atoms with E-state index in [4.69, 9.17) is 4.74 Å². The molecule has 8 heteroatoms. The van der Waals surface area contributed by atoms with Crippen molar-refractivity contribution in [3.8, 4) is 11.4 Å². The Morgan fingerprint density at radius 2 is 1.81 bits per heavy atom. The van der Waals surface area contributed by atoms with Crippen molar-refractivity contribution in [2.45, 2.75) is 13.8 Å². The van der Waals surface area contributed by atoms with Crippen molar-refractivity contribution in [2.75, 3.05) is 11.9 Å². The van der Waals surface area contributed by atoms with E-state index in [-0.39, 0.29) is 18.2 Å². The molecule has 0 saturated heterocycles. The van der Waals surface area contributed by atoms with Gasteiger partial charge in [-0.2, -0.15) is 5.10 Å². The maximum atomic E-state index is 12.2. The minimum Gasteiger partial charge on any atom is -0.484 e. The fourth-order valence-corrected chi connectivity index (χ4v) is 2.46. The van der Waals surface area contributed by atoms with Crippen LogP contribution in [0.4, 0.5) is 11.5 Å². The normalized spacial score (nSPS) is 10.4. The van der Waals surface area contributed by atoms with Crippen LogP contribution in [-0.4, -0.2) is 27.2 Å². The predicted molar refractivity (Wildman–Crippen MR) is 100 cm³/mol. The second-order valence-electron chi connectivity index (χ2n) is 6.01. The number of benzene rings is 2. The number of aromatic nitrogens is 2. The van der Waals surface area contributed by atoms with E-state index >= 15 is 0 Å². The minimum absolute atomic E-state index is 0.0142. The van der Waals surface area contributed by atoms with Crippen molar-refractivity contribution in [3.63, 3.8) is 0 Å². The number of anilines is 1. The van der Waals surface area contributed by atoms with Crippen LogP contribution in [0, 0.1) is 24.0 Å². The Balaban J connectivity index is 1.70. The van der Waals surface area contributed by atoms with Gasteiger partial charge in [-0.15, -0.1) is 0 Å². The number of amides is 1. The third-order valence-electron chi connectivity index (χ3n) is 3.80. The maximum Gasteiger partial charge on any atom is 0.269 e. The Morgan fingerprint density at radius 1 is 1.15 bits per heavy atom. The summed E-state index contributed by atoms with van der Waals surface area (Å²) in [5.74, 6) is 0.730. The van der Waals surface area contributed by atoms with Crippen LogP contribution in [-0.2, 0) is 4.79 Å². The van der Waals surface area contributed by atoms with Gasteiger partial charge in [0, 0.05) is 18.2 Å². The zero-order valence-electron chi connectivity index (χ0n) is 14.9. The molecular formula is C19H18N4O4. The summed E-state index contributed by atoms with van der Waals surface area (Å²) in [5.41, 5.74) is 2.39. The topological polar surface area (TPSA) is 99.3 Å². The monoisotopic (exact) mass is 366 g/mol. The molecule has 0 aliphatic heterocycles. The van der Waals surface area contributed by atoms with E-state index in [1.54, 1.807) is 37.3 Å². The summed E-state index contributed by atoms with van der Waals surface area (Å²) in [4.78, 5) is 22.5. The SMILES string of the molecule is Cc1ccc(OCC(=O)Nc2cc(C)nn2-c2ccc([N+](=O)[O-])cc2)cc1. The second-order valence-corrected chi connectivity index (χ2v) is 6.01. The Bertz CT molecular complexity index is 962. The molecule has 0 atom stereocenters. The molecule has 1 amide bonds. The van der Waals surface area contributed by atoms with Crippen LogP contribution in [0.25, 0.3) is 5.69 Å². The lowest BCUT2D eigenvalue weighted by Gasteiger charge is -2.10. The molecule has 1 aromatic heterocycles. The smallest absolute Gasteiger partial charge is 0.269 e. The minimum atomic E-state index is -0.469. The number of aryl methyl sites for hydroxylation is 2. The van der Waals surface area contributed by atoms with Crippen LogP contribution in [0.5, 0.6) is 5.75 Å². The van der Waals surface area contributed by atoms with E-state index in [0.717, 1.165) is 5.56 Å². The number of hydrogen-bond donors (Lipinski definition) is 1. The highest BCUT2D eigenvalue weighted by Gasteiger charge is 2.13. The van der Waals surface area contributed by atoms with Crippen molar-refractivity contribution in [3.05, 3.63) is 76.0 Å². The summed E-state index contributed by atoms with van der Waals surface area (Å²) in [6.45, 7) is 3.62. The number of carbonyl (C=O) groups excluding carboxylic acids is 1. The number of nitro benzene ring substituents is 1. The number of nitrogens with one attached hydrogen (secondary N) is 1. The molecule has 0 aliphatic carbocycles. The molecule has 0 fully saturated rings. The molecule has 0 saturated carbocycles. The molecule has 0 spiro atoms. The fourth-order valence-electron chi connectivity index (χ4n) is 2.46. The van der Waals surface area contributed by atoms with E-state index in [9.17, 15) is 14.9 Å². The van der Waals surface area contributed by atoms with Gasteiger partial charge in [0.05, 0.1) is 16.3 Å². The molecule has 8 nitrogen and oxygen atoms in total. The average molecular weight is 366 g/mol. The molecule has 0 radical (unpaired) electrons. The number of nitrogens with zero attached hydrogens (tertiary/aromatic N) is 3. The van der Waals surface area contributed by atoms with Crippen molar-refractivity contribution < 1.29 is 14.5 Å². The highest BCUT2D eigenvalue weighted by Crippen LogP contribution is 2.20. The molecule has 1 heterocycles. The summed E-state index contributed by atoms with van der Waals surface area (Å²) in [6.07, 6.45) is 0. The average Bonchev–Trinajstić information content (AvgIpc) is 3.01. The van der Waals surface area contributed by atoms with Gasteiger partial charge >= 0.3 is 0 Å². The van der Waals surface area contributed by atoms with Gasteiger partial charge in [0.15, 0.2) is 6.61 Å². The van der Waals surface area contributed by atoms with E-state index in [0.29, 0.717) is 22.9 Å². The van der Waals surface area contributed by atoms with Crippen LogP contribution in [0.2, 0.25) is 0 Å². The molecule has 3 rings (SSSR count). The lowest BCUT2D eigenvalue weighted by Crippen LogP contribution is -2.21. The van der Waals surface area contributed by atoms with Gasteiger partial charge in [0.25, 0.3) is 11.6 Å². The van der Waals surface area contributed by atoms with Gasteiger partial charge in [-0.25, -0.2) is 4.68 Å². The highest BCUT2D eigenvalue weighted by atomic mass is 16.6. The van der Waals surface area contributed by atoms with Crippen LogP contribution >= 0.6 is 0 Å². The van der Waals surface area contributed by atoms with Gasteiger partial charge in [0.2, 0.25) is 0 Å². The zero-order valence-corrected chi connectivity index (χ0v) is 14.9. The van der Waals surface area contributed by atoms with E-state index in [1.165, 1.54) is 16.8 Å². The molecule has 138 valence electrons. The lowest BCUT2D eigenvalue weighted by molar-refractivity contribution is -0.384. The first kappa shape index (κ1) is 18.1. The largest absolute Gasteiger partial charge is 0.484 e. The van der Waals surface area contributed by atoms with Gasteiger partial charge in [-0.1, -0.05) is 17.7 Å². The van der Waals surface area contributed by atoms with Crippen LogP contribution in [0.1, 0.15) is 11.3 Å². The molecule has 0 bridgehead atoms. The van der Waals surface area contributed by atoms with Crippen molar-refractivity contribution >= 4 is 17.4 Å². The summed E-state index contributed by atoms with van der Waals surface area (Å²) in [6, 6.07) is 15.0. The first-order chi connectivity index (χ1) is 12.9. The van der Waals surface area contributed by atoms with Crippen LogP contribution in [0.3, 0.4) is 0 Å². The third-order valence-corrected chi connectivity index (χ3v) is 3.80. The number of carbonyl (C=O) groups is 1. The Labute approximate surface area is 155 Å². The Hall–Kier alpha value is -3.68. The molecule has 1 N–H and O–H groups in total. The molecule has 2 aromatic carbocycles. The van der Waals surface area contributed by atoms with Gasteiger partial charge in [0.1, 0.15) is 11.6 Å². The zero-order chi connectivity index (χ0) is 19.4. The quantitative estimate of drug-likeness (QED) is 0.532. The van der Waals surface area contributed by atoms with E-state index < -0.39 is 4.92 Å². The maximum absolute atomic E-state index is 12.2. The summed E-state index contributed by atoms with van der Waals surface area (Å²) in [7, 11) is 0. The summed E-state index contributed by atoms with van der Waals surface area (Å²) >= 11 is 0. The van der Waals surface area contributed by atoms with Crippen molar-refractivity contribution in [1.82, 2.24) is 9.78 Å². The van der Waals surface area contributed by atoms with Crippen molar-refractivity contribution in [2.24, 2.45) is 0 Å². The molecule has 3 aromatic rings. The molecule has 27 heavy (non-hydrogen) atoms. The molecular weight excluding hydrogens is 348 g/mol. The lowest BCUT2D eigenvalue weighted by atomic mass is 10.2. The molecule has 0 unspecified atom stereocenters. The number of non-ortho nitro benzene ring substituents is 1. The first-order valence-electron chi connectivity index (χ1n) is 8.23. The Kier molecular flexibility index (Phi) is 5.16. The van der Waals surface area contributed by atoms with Gasteiger partial charge < -0.3 is 10.1 Å². The van der Waals surface area contributed by atoms with Gasteiger partial charge in [-0.3, -0.25) is 14.9 Å². The van der Waals surface area contributed by atoms with Crippen molar-refractivity contribution in [1.29, 1.82) is 0 Å². The van der Waals surface area contributed by atoms with Crippen LogP contribution < -0.4 is 10.1 Å². The molecule has 0 aliphatic rings. The van der Waals surface area contributed by atoms with Crippen LogP contribution in [0.15, 0.2) is 54.6 Å². The number of nitro groups is 1. The van der Waals surface area contributed by atoms with E-state index in [2.05, 4.69) is 10.4 Å². The second kappa shape index (κ2) is 7.69. The summed E-state index contributed by atoms with van der Waals surface area (Å²) in [5, 5.41) is 17.9. The Morgan fingerprint density at radius 3 is 2.44 bits per heavy atom. The standard InChI is InChI=1S/C19H18N4O4/c1-13-3-9-17(10-4-13)27-12-19(24)20-18-11-14(2)21-22(18)15-5-7-16(8-6-15)23(25)26/h3-11H,12H2,1-2H3,(H,20,24). The van der Waals surface area contributed by atoms with E-state index in [1.807, 2.05) is 19.1 Å². The third kappa shape index (κ3) is 4.49. The predicted octanol–water partition coefficient (Wildman–Crippen LogP) is 3.41. The number of hydrogen-bond acceptors (Lipinski definition) is 5. The number of rotatable bonds is 6.